The second kappa shape index (κ2) is 5.48. The molecule has 3 nitrogen and oxygen atoms in total. The number of benzene rings is 1. The first kappa shape index (κ1) is 14.9. The van der Waals surface area contributed by atoms with Crippen molar-refractivity contribution in [1.82, 2.24) is 9.97 Å². The van der Waals surface area contributed by atoms with Crippen molar-refractivity contribution in [2.45, 2.75) is 26.2 Å². The van der Waals surface area contributed by atoms with Crippen LogP contribution >= 0.6 is 15.9 Å². The van der Waals surface area contributed by atoms with Crippen LogP contribution in [-0.2, 0) is 5.41 Å². The summed E-state index contributed by atoms with van der Waals surface area (Å²) in [6.07, 6.45) is 0. The molecular formula is C15H17BrFN3. The molecule has 2 rings (SSSR count). The van der Waals surface area contributed by atoms with Crippen molar-refractivity contribution in [2.24, 2.45) is 0 Å². The largest absolute Gasteiger partial charge is 0.373 e. The van der Waals surface area contributed by atoms with Gasteiger partial charge in [0, 0.05) is 24.1 Å². The Labute approximate surface area is 126 Å². The topological polar surface area (TPSA) is 37.8 Å². The lowest BCUT2D eigenvalue weighted by molar-refractivity contribution is 0.546. The summed E-state index contributed by atoms with van der Waals surface area (Å²) in [5.74, 6) is 1.05. The summed E-state index contributed by atoms with van der Waals surface area (Å²) in [7, 11) is 1.79. The van der Waals surface area contributed by atoms with Gasteiger partial charge in [0.2, 0.25) is 0 Å². The fourth-order valence-corrected chi connectivity index (χ4v) is 2.12. The Morgan fingerprint density at radius 3 is 2.50 bits per heavy atom. The van der Waals surface area contributed by atoms with E-state index in [-0.39, 0.29) is 11.2 Å². The molecule has 0 spiro atoms. The lowest BCUT2D eigenvalue weighted by Gasteiger charge is -2.18. The number of halogens is 2. The minimum absolute atomic E-state index is 0.204. The SMILES string of the molecule is CNc1cc(-c2cccc(Br)c2F)nc(C(C)(C)C)n1. The van der Waals surface area contributed by atoms with Crippen LogP contribution in [0.15, 0.2) is 28.7 Å². The fraction of sp³-hybridized carbons (Fsp3) is 0.333. The third kappa shape index (κ3) is 2.98. The molecule has 0 radical (unpaired) electrons. The Morgan fingerprint density at radius 1 is 1.20 bits per heavy atom. The van der Waals surface area contributed by atoms with Crippen molar-refractivity contribution < 1.29 is 4.39 Å². The van der Waals surface area contributed by atoms with Gasteiger partial charge in [-0.3, -0.25) is 0 Å². The first-order chi connectivity index (χ1) is 9.32. The van der Waals surface area contributed by atoms with E-state index < -0.39 is 0 Å². The minimum Gasteiger partial charge on any atom is -0.373 e. The van der Waals surface area contributed by atoms with E-state index in [0.717, 1.165) is 0 Å². The molecule has 0 saturated carbocycles. The van der Waals surface area contributed by atoms with Gasteiger partial charge in [-0.1, -0.05) is 26.8 Å². The van der Waals surface area contributed by atoms with Crippen LogP contribution in [0.5, 0.6) is 0 Å². The standard InChI is InChI=1S/C15H17BrFN3/c1-15(2,3)14-19-11(8-12(18-4)20-14)9-6-5-7-10(16)13(9)17/h5-8H,1-4H3,(H,18,19,20). The maximum Gasteiger partial charge on any atom is 0.146 e. The van der Waals surface area contributed by atoms with Gasteiger partial charge in [-0.05, 0) is 28.1 Å². The maximum absolute atomic E-state index is 14.2. The van der Waals surface area contributed by atoms with Crippen LogP contribution in [0, 0.1) is 5.82 Å². The average Bonchev–Trinajstić information content (AvgIpc) is 2.40. The lowest BCUT2D eigenvalue weighted by atomic mass is 9.95. The van der Waals surface area contributed by atoms with Crippen LogP contribution in [-0.4, -0.2) is 17.0 Å². The van der Waals surface area contributed by atoms with Crippen molar-refractivity contribution in [3.63, 3.8) is 0 Å². The van der Waals surface area contributed by atoms with Gasteiger partial charge in [-0.2, -0.15) is 0 Å². The van der Waals surface area contributed by atoms with Crippen LogP contribution < -0.4 is 5.32 Å². The average molecular weight is 338 g/mol. The first-order valence-electron chi connectivity index (χ1n) is 6.34. The number of nitrogens with zero attached hydrogens (tertiary/aromatic N) is 2. The Bertz CT molecular complexity index is 636. The van der Waals surface area contributed by atoms with E-state index in [1.807, 2.05) is 20.8 Å². The monoisotopic (exact) mass is 337 g/mol. The summed E-state index contributed by atoms with van der Waals surface area (Å²) >= 11 is 3.20. The van der Waals surface area contributed by atoms with Gasteiger partial charge in [0.05, 0.1) is 10.2 Å². The van der Waals surface area contributed by atoms with Gasteiger partial charge < -0.3 is 5.32 Å². The molecule has 1 aromatic heterocycles. The predicted molar refractivity (Wildman–Crippen MR) is 83.4 cm³/mol. The van der Waals surface area contributed by atoms with Crippen LogP contribution in [0.25, 0.3) is 11.3 Å². The van der Waals surface area contributed by atoms with E-state index in [4.69, 9.17) is 0 Å². The van der Waals surface area contributed by atoms with Gasteiger partial charge in [0.25, 0.3) is 0 Å². The molecule has 106 valence electrons. The molecule has 20 heavy (non-hydrogen) atoms. The highest BCUT2D eigenvalue weighted by atomic mass is 79.9. The molecule has 0 aliphatic heterocycles. The van der Waals surface area contributed by atoms with E-state index in [1.165, 1.54) is 0 Å². The van der Waals surface area contributed by atoms with E-state index >= 15 is 0 Å². The number of hydrogen-bond acceptors (Lipinski definition) is 3. The summed E-state index contributed by atoms with van der Waals surface area (Å²) < 4.78 is 14.7. The van der Waals surface area contributed by atoms with Crippen molar-refractivity contribution in [3.05, 3.63) is 40.4 Å². The summed E-state index contributed by atoms with van der Waals surface area (Å²) in [4.78, 5) is 8.96. The molecule has 5 heteroatoms. The Balaban J connectivity index is 2.65. The van der Waals surface area contributed by atoms with Crippen LogP contribution in [0.3, 0.4) is 0 Å². The zero-order chi connectivity index (χ0) is 14.9. The van der Waals surface area contributed by atoms with E-state index in [0.29, 0.717) is 27.4 Å². The molecule has 0 amide bonds. The molecule has 1 N–H and O–H groups in total. The molecule has 0 aliphatic carbocycles. The highest BCUT2D eigenvalue weighted by Gasteiger charge is 2.20. The third-order valence-electron chi connectivity index (χ3n) is 2.88. The van der Waals surface area contributed by atoms with Crippen LogP contribution in [0.4, 0.5) is 10.2 Å². The van der Waals surface area contributed by atoms with Crippen molar-refractivity contribution >= 4 is 21.7 Å². The lowest BCUT2D eigenvalue weighted by Crippen LogP contribution is -2.17. The predicted octanol–water partition coefficient (Wildman–Crippen LogP) is 4.38. The second-order valence-corrected chi connectivity index (χ2v) is 6.42. The quantitative estimate of drug-likeness (QED) is 0.883. The summed E-state index contributed by atoms with van der Waals surface area (Å²) in [5, 5.41) is 3.00. The number of hydrogen-bond donors (Lipinski definition) is 1. The second-order valence-electron chi connectivity index (χ2n) is 5.56. The molecule has 1 aromatic carbocycles. The Morgan fingerprint density at radius 2 is 1.90 bits per heavy atom. The van der Waals surface area contributed by atoms with Gasteiger partial charge in [-0.15, -0.1) is 0 Å². The van der Waals surface area contributed by atoms with Gasteiger partial charge in [-0.25, -0.2) is 14.4 Å². The number of anilines is 1. The minimum atomic E-state index is -0.312. The number of rotatable bonds is 2. The molecule has 2 aromatic rings. The number of aromatic nitrogens is 2. The van der Waals surface area contributed by atoms with Crippen molar-refractivity contribution in [1.29, 1.82) is 0 Å². The Hall–Kier alpha value is -1.49. The summed E-state index contributed by atoms with van der Waals surface area (Å²) in [6, 6.07) is 6.93. The highest BCUT2D eigenvalue weighted by molar-refractivity contribution is 9.10. The fourth-order valence-electron chi connectivity index (χ4n) is 1.75. The smallest absolute Gasteiger partial charge is 0.146 e. The third-order valence-corrected chi connectivity index (χ3v) is 3.49. The highest BCUT2D eigenvalue weighted by Crippen LogP contribution is 2.29. The summed E-state index contributed by atoms with van der Waals surface area (Å²) in [6.45, 7) is 6.09. The molecule has 1 heterocycles. The van der Waals surface area contributed by atoms with E-state index in [1.54, 1.807) is 31.3 Å². The molecule has 0 unspecified atom stereocenters. The van der Waals surface area contributed by atoms with Crippen LogP contribution in [0.1, 0.15) is 26.6 Å². The van der Waals surface area contributed by atoms with E-state index in [9.17, 15) is 4.39 Å². The van der Waals surface area contributed by atoms with Gasteiger partial charge in [0.15, 0.2) is 0 Å². The molecule has 0 fully saturated rings. The molecule has 0 aliphatic rings. The molecule has 0 bridgehead atoms. The number of nitrogens with one attached hydrogen (secondary N) is 1. The summed E-state index contributed by atoms with van der Waals surface area (Å²) in [5.41, 5.74) is 0.834. The first-order valence-corrected chi connectivity index (χ1v) is 7.14. The normalized spacial score (nSPS) is 11.5. The van der Waals surface area contributed by atoms with Gasteiger partial charge >= 0.3 is 0 Å². The molecule has 0 atom stereocenters. The molecular weight excluding hydrogens is 321 g/mol. The Kier molecular flexibility index (Phi) is 4.09. The van der Waals surface area contributed by atoms with Crippen LogP contribution in [0.2, 0.25) is 0 Å². The zero-order valence-electron chi connectivity index (χ0n) is 12.0. The maximum atomic E-state index is 14.2. The van der Waals surface area contributed by atoms with Crippen molar-refractivity contribution in [2.75, 3.05) is 12.4 Å². The van der Waals surface area contributed by atoms with Gasteiger partial charge in [0.1, 0.15) is 17.5 Å². The van der Waals surface area contributed by atoms with E-state index in [2.05, 4.69) is 31.2 Å². The molecule has 0 saturated heterocycles. The van der Waals surface area contributed by atoms with Crippen molar-refractivity contribution in [3.8, 4) is 11.3 Å². The zero-order valence-corrected chi connectivity index (χ0v) is 13.5.